The highest BCUT2D eigenvalue weighted by Crippen LogP contribution is 2.65. The van der Waals surface area contributed by atoms with Crippen LogP contribution < -0.4 is 11.1 Å². The van der Waals surface area contributed by atoms with Crippen LogP contribution in [0.2, 0.25) is 0 Å². The highest BCUT2D eigenvalue weighted by Gasteiger charge is 2.61. The molecule has 2 aliphatic rings. The van der Waals surface area contributed by atoms with Crippen molar-refractivity contribution in [1.82, 2.24) is 5.32 Å². The van der Waals surface area contributed by atoms with Crippen molar-refractivity contribution >= 4 is 5.91 Å². The molecule has 0 aromatic heterocycles. The minimum absolute atomic E-state index is 0.0424. The molecule has 3 N–H and O–H groups in total. The quantitative estimate of drug-likeness (QED) is 0.806. The van der Waals surface area contributed by atoms with Gasteiger partial charge in [-0.25, -0.2) is 0 Å². The Balaban J connectivity index is 2.03. The smallest absolute Gasteiger partial charge is 0.223 e. The minimum atomic E-state index is 0.0424. The van der Waals surface area contributed by atoms with Crippen molar-refractivity contribution in [2.24, 2.45) is 28.4 Å². The van der Waals surface area contributed by atoms with Gasteiger partial charge < -0.3 is 11.1 Å². The number of hydrogen-bond acceptors (Lipinski definition) is 2. The predicted octanol–water partition coefficient (Wildman–Crippen LogP) is 2.30. The first-order chi connectivity index (χ1) is 8.33. The summed E-state index contributed by atoms with van der Waals surface area (Å²) in [5.41, 5.74) is 6.16. The number of nitrogens with one attached hydrogen (secondary N) is 1. The summed E-state index contributed by atoms with van der Waals surface area (Å²) < 4.78 is 0. The second kappa shape index (κ2) is 4.52. The summed E-state index contributed by atoms with van der Waals surface area (Å²) in [5, 5.41) is 3.30. The van der Waals surface area contributed by atoms with Gasteiger partial charge in [0, 0.05) is 12.0 Å². The largest absolute Gasteiger partial charge is 0.353 e. The van der Waals surface area contributed by atoms with Crippen LogP contribution in [0.4, 0.5) is 0 Å². The van der Waals surface area contributed by atoms with E-state index in [9.17, 15) is 4.79 Å². The van der Waals surface area contributed by atoms with Crippen molar-refractivity contribution in [3.63, 3.8) is 0 Å². The van der Waals surface area contributed by atoms with Crippen LogP contribution in [0.3, 0.4) is 0 Å². The number of carbonyl (C=O) groups is 1. The molecule has 104 valence electrons. The molecule has 3 heteroatoms. The molecule has 2 rings (SSSR count). The molecule has 0 radical (unpaired) electrons. The van der Waals surface area contributed by atoms with E-state index in [4.69, 9.17) is 5.73 Å². The van der Waals surface area contributed by atoms with Crippen LogP contribution in [-0.4, -0.2) is 18.5 Å². The van der Waals surface area contributed by atoms with Crippen molar-refractivity contribution < 1.29 is 4.79 Å². The first kappa shape index (κ1) is 13.9. The predicted molar refractivity (Wildman–Crippen MR) is 74.0 cm³/mol. The van der Waals surface area contributed by atoms with Gasteiger partial charge in [-0.1, -0.05) is 27.7 Å². The average molecular weight is 252 g/mol. The van der Waals surface area contributed by atoms with Gasteiger partial charge in [0.05, 0.1) is 0 Å². The van der Waals surface area contributed by atoms with Crippen LogP contribution in [0.5, 0.6) is 0 Å². The van der Waals surface area contributed by atoms with Crippen LogP contribution in [0.25, 0.3) is 0 Å². The molecule has 4 atom stereocenters. The van der Waals surface area contributed by atoms with Crippen molar-refractivity contribution in [3.05, 3.63) is 0 Å². The van der Waals surface area contributed by atoms with E-state index in [-0.39, 0.29) is 17.2 Å². The molecule has 0 aromatic carbocycles. The van der Waals surface area contributed by atoms with E-state index >= 15 is 0 Å². The Morgan fingerprint density at radius 2 is 2.11 bits per heavy atom. The molecular formula is C15H28N2O. The highest BCUT2D eigenvalue weighted by molar-refractivity contribution is 5.78. The zero-order valence-electron chi connectivity index (χ0n) is 12.3. The van der Waals surface area contributed by atoms with Gasteiger partial charge in [0.1, 0.15) is 0 Å². The summed E-state index contributed by atoms with van der Waals surface area (Å²) in [6.07, 6.45) is 4.52. The molecule has 1 amide bonds. The fraction of sp³-hybridized carbons (Fsp3) is 0.933. The zero-order chi connectivity index (χ0) is 13.6. The highest BCUT2D eigenvalue weighted by atomic mass is 16.1. The number of rotatable bonds is 4. The Bertz CT molecular complexity index is 339. The van der Waals surface area contributed by atoms with E-state index in [1.54, 1.807) is 0 Å². The van der Waals surface area contributed by atoms with Crippen LogP contribution >= 0.6 is 0 Å². The van der Waals surface area contributed by atoms with E-state index in [2.05, 4.69) is 26.1 Å². The average Bonchev–Trinajstić information content (AvgIpc) is 2.62. The van der Waals surface area contributed by atoms with E-state index in [0.717, 1.165) is 18.8 Å². The third-order valence-corrected chi connectivity index (χ3v) is 6.16. The molecule has 4 unspecified atom stereocenters. The Morgan fingerprint density at radius 1 is 1.44 bits per heavy atom. The van der Waals surface area contributed by atoms with Gasteiger partial charge in [0.25, 0.3) is 0 Å². The van der Waals surface area contributed by atoms with Gasteiger partial charge in [0.15, 0.2) is 0 Å². The zero-order valence-corrected chi connectivity index (χ0v) is 12.3. The van der Waals surface area contributed by atoms with Crippen molar-refractivity contribution in [3.8, 4) is 0 Å². The topological polar surface area (TPSA) is 55.1 Å². The summed E-state index contributed by atoms with van der Waals surface area (Å²) >= 11 is 0. The first-order valence-corrected chi connectivity index (χ1v) is 7.33. The monoisotopic (exact) mass is 252 g/mol. The third kappa shape index (κ3) is 1.87. The van der Waals surface area contributed by atoms with Crippen LogP contribution in [-0.2, 0) is 4.79 Å². The summed E-state index contributed by atoms with van der Waals surface area (Å²) in [6, 6.07) is 0.360. The second-order valence-electron chi connectivity index (χ2n) is 7.15. The molecule has 2 bridgehead atoms. The third-order valence-electron chi connectivity index (χ3n) is 6.16. The maximum atomic E-state index is 12.2. The van der Waals surface area contributed by atoms with Gasteiger partial charge in [0.2, 0.25) is 5.91 Å². The lowest BCUT2D eigenvalue weighted by Gasteiger charge is -2.39. The molecule has 2 saturated carbocycles. The Labute approximate surface area is 111 Å². The molecule has 18 heavy (non-hydrogen) atoms. The maximum absolute atomic E-state index is 12.2. The van der Waals surface area contributed by atoms with Gasteiger partial charge >= 0.3 is 0 Å². The van der Waals surface area contributed by atoms with E-state index in [0.29, 0.717) is 18.0 Å². The lowest BCUT2D eigenvalue weighted by Crippen LogP contribution is -2.48. The van der Waals surface area contributed by atoms with Crippen molar-refractivity contribution in [2.45, 2.75) is 59.4 Å². The van der Waals surface area contributed by atoms with Crippen LogP contribution in [0.15, 0.2) is 0 Å². The molecule has 0 aliphatic heterocycles. The number of amides is 1. The summed E-state index contributed by atoms with van der Waals surface area (Å²) in [4.78, 5) is 12.2. The van der Waals surface area contributed by atoms with Crippen molar-refractivity contribution in [2.75, 3.05) is 6.54 Å². The lowest BCUT2D eigenvalue weighted by molar-refractivity contribution is -0.126. The molecule has 0 aromatic rings. The van der Waals surface area contributed by atoms with Crippen LogP contribution in [0.1, 0.15) is 53.4 Å². The summed E-state index contributed by atoms with van der Waals surface area (Å²) in [5.74, 6) is 1.01. The lowest BCUT2D eigenvalue weighted by atomic mass is 9.69. The SMILES string of the molecule is CC(CCN)C(=O)NC1CC2CCC1(C)C2(C)C. The Morgan fingerprint density at radius 3 is 2.56 bits per heavy atom. The fourth-order valence-electron chi connectivity index (χ4n) is 4.12. The van der Waals surface area contributed by atoms with E-state index < -0.39 is 0 Å². The van der Waals surface area contributed by atoms with E-state index in [1.165, 1.54) is 12.8 Å². The number of hydrogen-bond donors (Lipinski definition) is 2. The fourth-order valence-corrected chi connectivity index (χ4v) is 4.12. The van der Waals surface area contributed by atoms with Crippen molar-refractivity contribution in [1.29, 1.82) is 0 Å². The molecular weight excluding hydrogens is 224 g/mol. The maximum Gasteiger partial charge on any atom is 0.223 e. The number of nitrogens with two attached hydrogens (primary N) is 1. The number of carbonyl (C=O) groups excluding carboxylic acids is 1. The molecule has 0 spiro atoms. The Kier molecular flexibility index (Phi) is 3.48. The van der Waals surface area contributed by atoms with Gasteiger partial charge in [-0.2, -0.15) is 0 Å². The second-order valence-corrected chi connectivity index (χ2v) is 7.15. The molecule has 2 aliphatic carbocycles. The number of fused-ring (bicyclic) bond motifs is 2. The first-order valence-electron chi connectivity index (χ1n) is 7.33. The normalized spacial score (nSPS) is 38.7. The van der Waals surface area contributed by atoms with E-state index in [1.807, 2.05) is 6.92 Å². The van der Waals surface area contributed by atoms with Gasteiger partial charge in [-0.15, -0.1) is 0 Å². The molecule has 0 heterocycles. The van der Waals surface area contributed by atoms with Gasteiger partial charge in [-0.3, -0.25) is 4.79 Å². The summed E-state index contributed by atoms with van der Waals surface area (Å²) in [6.45, 7) is 9.67. The molecule has 3 nitrogen and oxygen atoms in total. The minimum Gasteiger partial charge on any atom is -0.353 e. The van der Waals surface area contributed by atoms with Crippen LogP contribution in [0, 0.1) is 22.7 Å². The Hall–Kier alpha value is -0.570. The molecule has 0 saturated heterocycles. The summed E-state index contributed by atoms with van der Waals surface area (Å²) in [7, 11) is 0. The van der Waals surface area contributed by atoms with Gasteiger partial charge in [-0.05, 0) is 49.0 Å². The standard InChI is InChI=1S/C15H28N2O/c1-10(6-8-16)13(18)17-12-9-11-5-7-15(12,4)14(11,2)3/h10-12H,5-9,16H2,1-4H3,(H,17,18). The molecule has 2 fully saturated rings.